The summed E-state index contributed by atoms with van der Waals surface area (Å²) in [5, 5.41) is 3.86. The molecule has 3 rings (SSSR count). The summed E-state index contributed by atoms with van der Waals surface area (Å²) >= 11 is 0. The van der Waals surface area contributed by atoms with E-state index in [4.69, 9.17) is 4.52 Å². The Kier molecular flexibility index (Phi) is 3.22. The number of benzene rings is 1. The monoisotopic (exact) mass is 269 g/mol. The van der Waals surface area contributed by atoms with Crippen LogP contribution in [0.2, 0.25) is 0 Å². The maximum atomic E-state index is 12.3. The van der Waals surface area contributed by atoms with Crippen LogP contribution in [-0.4, -0.2) is 16.7 Å². The van der Waals surface area contributed by atoms with E-state index in [1.165, 1.54) is 0 Å². The van der Waals surface area contributed by atoms with Crippen molar-refractivity contribution in [3.8, 4) is 0 Å². The van der Waals surface area contributed by atoms with E-state index in [2.05, 4.69) is 5.16 Å². The van der Waals surface area contributed by atoms with Crippen molar-refractivity contribution in [3.05, 3.63) is 53.4 Å². The Labute approximate surface area is 116 Å². The SMILES string of the molecule is Cc1cc([C@@H]2C(=O)CC(=O)C[C@H]2c2ccccc2)on1. The molecule has 1 saturated carbocycles. The van der Waals surface area contributed by atoms with Crippen molar-refractivity contribution >= 4 is 11.6 Å². The second-order valence-corrected chi connectivity index (χ2v) is 5.25. The van der Waals surface area contributed by atoms with Crippen molar-refractivity contribution in [1.82, 2.24) is 5.16 Å². The second kappa shape index (κ2) is 5.04. The van der Waals surface area contributed by atoms with Gasteiger partial charge in [0.15, 0.2) is 5.78 Å². The molecule has 0 N–H and O–H groups in total. The molecule has 2 atom stereocenters. The van der Waals surface area contributed by atoms with Crippen molar-refractivity contribution in [3.63, 3.8) is 0 Å². The highest BCUT2D eigenvalue weighted by Gasteiger charge is 2.39. The van der Waals surface area contributed by atoms with Crippen LogP contribution in [0.3, 0.4) is 0 Å². The first kappa shape index (κ1) is 12.8. The minimum Gasteiger partial charge on any atom is -0.360 e. The first-order chi connectivity index (χ1) is 9.65. The summed E-state index contributed by atoms with van der Waals surface area (Å²) in [5.41, 5.74) is 1.74. The van der Waals surface area contributed by atoms with Gasteiger partial charge in [0, 0.05) is 18.4 Å². The molecule has 0 aliphatic heterocycles. The minimum absolute atomic E-state index is 0.00339. The number of Topliss-reactive ketones (excluding diaryl/α,β-unsaturated/α-hetero) is 2. The summed E-state index contributed by atoms with van der Waals surface area (Å²) in [7, 11) is 0. The zero-order valence-electron chi connectivity index (χ0n) is 11.2. The van der Waals surface area contributed by atoms with Crippen molar-refractivity contribution in [2.24, 2.45) is 0 Å². The summed E-state index contributed by atoms with van der Waals surface area (Å²) in [6, 6.07) is 11.4. The maximum Gasteiger partial charge on any atom is 0.151 e. The molecule has 1 aliphatic carbocycles. The molecule has 0 amide bonds. The van der Waals surface area contributed by atoms with E-state index < -0.39 is 5.92 Å². The molecule has 1 fully saturated rings. The molecule has 0 bridgehead atoms. The quantitative estimate of drug-likeness (QED) is 0.786. The van der Waals surface area contributed by atoms with Gasteiger partial charge in [0.1, 0.15) is 11.5 Å². The number of aromatic nitrogens is 1. The highest BCUT2D eigenvalue weighted by atomic mass is 16.5. The van der Waals surface area contributed by atoms with E-state index in [0.29, 0.717) is 12.2 Å². The number of hydrogen-bond acceptors (Lipinski definition) is 4. The number of rotatable bonds is 2. The lowest BCUT2D eigenvalue weighted by molar-refractivity contribution is -0.131. The zero-order chi connectivity index (χ0) is 14.1. The van der Waals surface area contributed by atoms with Crippen molar-refractivity contribution in [2.75, 3.05) is 0 Å². The second-order valence-electron chi connectivity index (χ2n) is 5.25. The van der Waals surface area contributed by atoms with Crippen LogP contribution in [0.25, 0.3) is 0 Å². The van der Waals surface area contributed by atoms with Gasteiger partial charge in [0.25, 0.3) is 0 Å². The average Bonchev–Trinajstić information content (AvgIpc) is 2.85. The lowest BCUT2D eigenvalue weighted by atomic mass is 9.73. The molecule has 0 radical (unpaired) electrons. The molecule has 102 valence electrons. The highest BCUT2D eigenvalue weighted by Crippen LogP contribution is 2.40. The summed E-state index contributed by atoms with van der Waals surface area (Å²) < 4.78 is 5.28. The predicted molar refractivity (Wildman–Crippen MR) is 72.4 cm³/mol. The third-order valence-corrected chi connectivity index (χ3v) is 3.75. The Balaban J connectivity index is 2.03. The summed E-state index contributed by atoms with van der Waals surface area (Å²) in [6.45, 7) is 1.82. The Morgan fingerprint density at radius 3 is 2.60 bits per heavy atom. The van der Waals surface area contributed by atoms with Gasteiger partial charge >= 0.3 is 0 Å². The lowest BCUT2D eigenvalue weighted by Crippen LogP contribution is -2.30. The van der Waals surface area contributed by atoms with Crippen LogP contribution in [-0.2, 0) is 9.59 Å². The van der Waals surface area contributed by atoms with Crippen LogP contribution in [0.1, 0.15) is 41.7 Å². The first-order valence-electron chi connectivity index (χ1n) is 6.67. The topological polar surface area (TPSA) is 60.2 Å². The smallest absolute Gasteiger partial charge is 0.151 e. The fourth-order valence-electron chi connectivity index (χ4n) is 2.86. The Bertz CT molecular complexity index is 645. The van der Waals surface area contributed by atoms with Crippen molar-refractivity contribution in [2.45, 2.75) is 31.6 Å². The van der Waals surface area contributed by atoms with Gasteiger partial charge in [-0.2, -0.15) is 0 Å². The highest BCUT2D eigenvalue weighted by molar-refractivity contribution is 6.05. The standard InChI is InChI=1S/C16H15NO3/c1-10-7-15(20-17-10)16-13(8-12(18)9-14(16)19)11-5-3-2-4-6-11/h2-7,13,16H,8-9H2,1H3/t13-,16-/m0/s1. The third-order valence-electron chi connectivity index (χ3n) is 3.75. The number of nitrogens with zero attached hydrogens (tertiary/aromatic N) is 1. The van der Waals surface area contributed by atoms with E-state index in [1.54, 1.807) is 6.07 Å². The van der Waals surface area contributed by atoms with Gasteiger partial charge < -0.3 is 4.52 Å². The number of carbonyl (C=O) groups is 2. The van der Waals surface area contributed by atoms with E-state index in [1.807, 2.05) is 37.3 Å². The third kappa shape index (κ3) is 2.29. The number of hydrogen-bond donors (Lipinski definition) is 0. The normalized spacial score (nSPS) is 23.1. The molecule has 4 nitrogen and oxygen atoms in total. The van der Waals surface area contributed by atoms with E-state index in [-0.39, 0.29) is 23.9 Å². The fourth-order valence-corrected chi connectivity index (χ4v) is 2.86. The van der Waals surface area contributed by atoms with Crippen LogP contribution in [0.4, 0.5) is 0 Å². The Morgan fingerprint density at radius 1 is 1.20 bits per heavy atom. The van der Waals surface area contributed by atoms with Crippen LogP contribution in [0, 0.1) is 6.92 Å². The summed E-state index contributed by atoms with van der Waals surface area (Å²) in [4.78, 5) is 24.1. The maximum absolute atomic E-state index is 12.3. The van der Waals surface area contributed by atoms with Crippen LogP contribution in [0.15, 0.2) is 40.9 Å². The summed E-state index contributed by atoms with van der Waals surface area (Å²) in [5.74, 6) is -0.0787. The van der Waals surface area contributed by atoms with Gasteiger partial charge in [-0.05, 0) is 12.5 Å². The van der Waals surface area contributed by atoms with Crippen molar-refractivity contribution in [1.29, 1.82) is 0 Å². The largest absolute Gasteiger partial charge is 0.360 e. The molecule has 0 unspecified atom stereocenters. The molecule has 4 heteroatoms. The minimum atomic E-state index is -0.406. The molecule has 1 aromatic carbocycles. The van der Waals surface area contributed by atoms with E-state index in [0.717, 1.165) is 11.3 Å². The number of carbonyl (C=O) groups excluding carboxylic acids is 2. The molecular formula is C16H15NO3. The van der Waals surface area contributed by atoms with Gasteiger partial charge in [-0.1, -0.05) is 35.5 Å². The molecular weight excluding hydrogens is 254 g/mol. The predicted octanol–water partition coefficient (Wildman–Crippen LogP) is 2.78. The van der Waals surface area contributed by atoms with Gasteiger partial charge in [-0.3, -0.25) is 9.59 Å². The zero-order valence-corrected chi connectivity index (χ0v) is 11.2. The van der Waals surface area contributed by atoms with Crippen LogP contribution < -0.4 is 0 Å². The lowest BCUT2D eigenvalue weighted by Gasteiger charge is -2.28. The number of aryl methyl sites for hydroxylation is 1. The Morgan fingerprint density at radius 2 is 1.95 bits per heavy atom. The molecule has 1 aliphatic rings. The first-order valence-corrected chi connectivity index (χ1v) is 6.67. The van der Waals surface area contributed by atoms with Crippen molar-refractivity contribution < 1.29 is 14.1 Å². The summed E-state index contributed by atoms with van der Waals surface area (Å²) in [6.07, 6.45) is 0.369. The molecule has 20 heavy (non-hydrogen) atoms. The molecule has 1 heterocycles. The number of ketones is 2. The average molecular weight is 269 g/mol. The van der Waals surface area contributed by atoms with Gasteiger partial charge in [0.05, 0.1) is 18.0 Å². The van der Waals surface area contributed by atoms with E-state index in [9.17, 15) is 9.59 Å². The van der Waals surface area contributed by atoms with Gasteiger partial charge in [0.2, 0.25) is 0 Å². The molecule has 0 spiro atoms. The Hall–Kier alpha value is -2.23. The molecule has 0 saturated heterocycles. The molecule has 2 aromatic rings. The van der Waals surface area contributed by atoms with Gasteiger partial charge in [-0.25, -0.2) is 0 Å². The van der Waals surface area contributed by atoms with Gasteiger partial charge in [-0.15, -0.1) is 0 Å². The van der Waals surface area contributed by atoms with Crippen LogP contribution >= 0.6 is 0 Å². The fraction of sp³-hybridized carbons (Fsp3) is 0.312. The van der Waals surface area contributed by atoms with Crippen LogP contribution in [0.5, 0.6) is 0 Å². The molecule has 1 aromatic heterocycles. The van der Waals surface area contributed by atoms with E-state index >= 15 is 0 Å².